The van der Waals surface area contributed by atoms with Crippen LogP contribution in [0.1, 0.15) is 6.42 Å². The first-order valence-corrected chi connectivity index (χ1v) is 5.54. The van der Waals surface area contributed by atoms with Crippen LogP contribution in [0.3, 0.4) is 0 Å². The largest absolute Gasteiger partial charge is 0.493 e. The first kappa shape index (κ1) is 11.7. The molecular formula is C11H17N5O. The summed E-state index contributed by atoms with van der Waals surface area (Å²) < 4.78 is 7.25. The predicted octanol–water partition coefficient (Wildman–Crippen LogP) is 0.642. The quantitative estimate of drug-likeness (QED) is 0.770. The average molecular weight is 235 g/mol. The summed E-state index contributed by atoms with van der Waals surface area (Å²) in [4.78, 5) is 6.20. The van der Waals surface area contributed by atoms with Crippen LogP contribution in [0.15, 0.2) is 18.3 Å². The number of pyridine rings is 1. The van der Waals surface area contributed by atoms with Crippen molar-refractivity contribution in [2.24, 2.45) is 0 Å². The van der Waals surface area contributed by atoms with Crippen LogP contribution in [0.5, 0.6) is 5.75 Å². The van der Waals surface area contributed by atoms with Gasteiger partial charge in [-0.1, -0.05) is 0 Å². The van der Waals surface area contributed by atoms with Crippen molar-refractivity contribution >= 4 is 11.6 Å². The number of aromatic nitrogens is 3. The molecule has 17 heavy (non-hydrogen) atoms. The van der Waals surface area contributed by atoms with E-state index in [-0.39, 0.29) is 5.95 Å². The van der Waals surface area contributed by atoms with Crippen LogP contribution in [0.25, 0.3) is 5.65 Å². The lowest BCUT2D eigenvalue weighted by Crippen LogP contribution is -2.15. The van der Waals surface area contributed by atoms with Crippen molar-refractivity contribution in [2.75, 3.05) is 33.0 Å². The van der Waals surface area contributed by atoms with Crippen molar-refractivity contribution in [2.45, 2.75) is 6.42 Å². The molecule has 2 aromatic heterocycles. The van der Waals surface area contributed by atoms with Gasteiger partial charge in [0.15, 0.2) is 5.65 Å². The number of rotatable bonds is 5. The average Bonchev–Trinajstić information content (AvgIpc) is 2.63. The van der Waals surface area contributed by atoms with E-state index in [0.717, 1.165) is 18.7 Å². The lowest BCUT2D eigenvalue weighted by molar-refractivity contribution is 0.281. The van der Waals surface area contributed by atoms with Gasteiger partial charge < -0.3 is 15.4 Å². The second kappa shape index (κ2) is 5.01. The smallest absolute Gasteiger partial charge is 0.240 e. The van der Waals surface area contributed by atoms with Crippen molar-refractivity contribution < 1.29 is 4.74 Å². The number of nitrogens with two attached hydrogens (primary N) is 1. The molecule has 0 aliphatic rings. The number of fused-ring (bicyclic) bond motifs is 1. The highest BCUT2D eigenvalue weighted by atomic mass is 16.5. The Balaban J connectivity index is 1.94. The van der Waals surface area contributed by atoms with Crippen LogP contribution in [-0.2, 0) is 0 Å². The molecular weight excluding hydrogens is 218 g/mol. The molecule has 2 rings (SSSR count). The van der Waals surface area contributed by atoms with Gasteiger partial charge in [0.1, 0.15) is 5.75 Å². The molecule has 6 nitrogen and oxygen atoms in total. The molecule has 0 amide bonds. The lowest BCUT2D eigenvalue weighted by atomic mass is 10.4. The first-order valence-electron chi connectivity index (χ1n) is 5.54. The molecule has 2 N–H and O–H groups in total. The maximum absolute atomic E-state index is 5.63. The van der Waals surface area contributed by atoms with E-state index >= 15 is 0 Å². The van der Waals surface area contributed by atoms with E-state index in [1.54, 1.807) is 10.7 Å². The van der Waals surface area contributed by atoms with E-state index in [9.17, 15) is 0 Å². The highest BCUT2D eigenvalue weighted by Gasteiger charge is 2.01. The summed E-state index contributed by atoms with van der Waals surface area (Å²) in [5.41, 5.74) is 6.21. The van der Waals surface area contributed by atoms with E-state index in [1.165, 1.54) is 0 Å². The zero-order valence-electron chi connectivity index (χ0n) is 10.1. The molecule has 0 saturated carbocycles. The first-order chi connectivity index (χ1) is 8.15. The standard InChI is InChI=1S/C11H17N5O/c1-15(2)5-3-7-17-9-4-6-16-10(8-9)13-11(12)14-16/h4,6,8H,3,5,7H2,1-2H3,(H2,12,14). The van der Waals surface area contributed by atoms with Gasteiger partial charge >= 0.3 is 0 Å². The fourth-order valence-corrected chi connectivity index (χ4v) is 1.54. The SMILES string of the molecule is CN(C)CCCOc1ccn2nc(N)nc2c1. The van der Waals surface area contributed by atoms with Gasteiger partial charge in [0.05, 0.1) is 6.61 Å². The van der Waals surface area contributed by atoms with Gasteiger partial charge in [-0.25, -0.2) is 4.52 Å². The Morgan fingerprint density at radius 3 is 3.06 bits per heavy atom. The van der Waals surface area contributed by atoms with Gasteiger partial charge in [0, 0.05) is 18.8 Å². The van der Waals surface area contributed by atoms with Crippen molar-refractivity contribution in [3.05, 3.63) is 18.3 Å². The minimum atomic E-state index is 0.273. The van der Waals surface area contributed by atoms with Gasteiger partial charge in [-0.3, -0.25) is 0 Å². The molecule has 0 aromatic carbocycles. The maximum Gasteiger partial charge on any atom is 0.240 e. The van der Waals surface area contributed by atoms with Gasteiger partial charge in [-0.2, -0.15) is 4.98 Å². The van der Waals surface area contributed by atoms with Crippen molar-refractivity contribution in [3.63, 3.8) is 0 Å². The van der Waals surface area contributed by atoms with Crippen LogP contribution >= 0.6 is 0 Å². The molecule has 2 heterocycles. The monoisotopic (exact) mass is 235 g/mol. The van der Waals surface area contributed by atoms with Crippen LogP contribution in [0.2, 0.25) is 0 Å². The molecule has 0 fully saturated rings. The molecule has 6 heteroatoms. The highest BCUT2D eigenvalue weighted by molar-refractivity contribution is 5.46. The van der Waals surface area contributed by atoms with E-state index in [4.69, 9.17) is 10.5 Å². The van der Waals surface area contributed by atoms with Crippen molar-refractivity contribution in [1.82, 2.24) is 19.5 Å². The number of hydrogen-bond acceptors (Lipinski definition) is 5. The van der Waals surface area contributed by atoms with Crippen molar-refractivity contribution in [1.29, 1.82) is 0 Å². The zero-order valence-corrected chi connectivity index (χ0v) is 10.1. The summed E-state index contributed by atoms with van der Waals surface area (Å²) in [6, 6.07) is 3.69. The normalized spacial score (nSPS) is 11.2. The Morgan fingerprint density at radius 1 is 1.47 bits per heavy atom. The van der Waals surface area contributed by atoms with Crippen LogP contribution in [0.4, 0.5) is 5.95 Å². The predicted molar refractivity (Wildman–Crippen MR) is 66.1 cm³/mol. The Morgan fingerprint density at radius 2 is 2.29 bits per heavy atom. The molecule has 0 bridgehead atoms. The molecule has 0 radical (unpaired) electrons. The van der Waals surface area contributed by atoms with E-state index < -0.39 is 0 Å². The number of ether oxygens (including phenoxy) is 1. The fraction of sp³-hybridized carbons (Fsp3) is 0.455. The van der Waals surface area contributed by atoms with Crippen LogP contribution in [-0.4, -0.2) is 46.7 Å². The topological polar surface area (TPSA) is 68.7 Å². The summed E-state index contributed by atoms with van der Waals surface area (Å²) >= 11 is 0. The molecule has 92 valence electrons. The summed E-state index contributed by atoms with van der Waals surface area (Å²) in [7, 11) is 4.09. The van der Waals surface area contributed by atoms with E-state index in [1.807, 2.05) is 26.2 Å². The molecule has 0 saturated heterocycles. The number of nitrogens with zero attached hydrogens (tertiary/aromatic N) is 4. The second-order valence-electron chi connectivity index (χ2n) is 4.14. The minimum absolute atomic E-state index is 0.273. The molecule has 0 unspecified atom stereocenters. The Hall–Kier alpha value is -1.82. The molecule has 2 aromatic rings. The Labute approximate surface area is 100.0 Å². The number of nitrogen functional groups attached to an aromatic ring is 1. The molecule has 0 aliphatic heterocycles. The van der Waals surface area contributed by atoms with Crippen molar-refractivity contribution in [3.8, 4) is 5.75 Å². The third-order valence-electron chi connectivity index (χ3n) is 2.34. The third kappa shape index (κ3) is 3.07. The van der Waals surface area contributed by atoms with Gasteiger partial charge in [0.2, 0.25) is 5.95 Å². The number of anilines is 1. The van der Waals surface area contributed by atoms with Gasteiger partial charge in [-0.05, 0) is 26.6 Å². The summed E-state index contributed by atoms with van der Waals surface area (Å²) in [5.74, 6) is 1.07. The molecule has 0 atom stereocenters. The zero-order chi connectivity index (χ0) is 12.3. The highest BCUT2D eigenvalue weighted by Crippen LogP contribution is 2.13. The van der Waals surface area contributed by atoms with E-state index in [2.05, 4.69) is 15.0 Å². The summed E-state index contributed by atoms with van der Waals surface area (Å²) in [6.45, 7) is 1.71. The summed E-state index contributed by atoms with van der Waals surface area (Å²) in [6.07, 6.45) is 2.78. The Bertz CT molecular complexity index is 494. The maximum atomic E-state index is 5.63. The summed E-state index contributed by atoms with van der Waals surface area (Å²) in [5, 5.41) is 4.00. The van der Waals surface area contributed by atoms with Crippen LogP contribution < -0.4 is 10.5 Å². The fourth-order valence-electron chi connectivity index (χ4n) is 1.54. The molecule has 0 spiro atoms. The third-order valence-corrected chi connectivity index (χ3v) is 2.34. The Kier molecular flexibility index (Phi) is 3.43. The van der Waals surface area contributed by atoms with Gasteiger partial charge in [0.25, 0.3) is 0 Å². The number of hydrogen-bond donors (Lipinski definition) is 1. The second-order valence-corrected chi connectivity index (χ2v) is 4.14. The molecule has 0 aliphatic carbocycles. The lowest BCUT2D eigenvalue weighted by Gasteiger charge is -2.10. The van der Waals surface area contributed by atoms with Gasteiger partial charge in [-0.15, -0.1) is 5.10 Å². The van der Waals surface area contributed by atoms with Crippen LogP contribution in [0, 0.1) is 0 Å². The minimum Gasteiger partial charge on any atom is -0.493 e. The van der Waals surface area contributed by atoms with E-state index in [0.29, 0.717) is 12.3 Å².